The summed E-state index contributed by atoms with van der Waals surface area (Å²) in [5, 5.41) is 5.07. The lowest BCUT2D eigenvalue weighted by atomic mass is 9.75. The summed E-state index contributed by atoms with van der Waals surface area (Å²) >= 11 is 0. The Kier molecular flexibility index (Phi) is 6.97. The van der Waals surface area contributed by atoms with Crippen LogP contribution in [0.2, 0.25) is 0 Å². The molecule has 7 aromatic carbocycles. The molecule has 63 heavy (non-hydrogen) atoms. The van der Waals surface area contributed by atoms with E-state index in [9.17, 15) is 0 Å². The zero-order chi connectivity index (χ0) is 41.8. The lowest BCUT2D eigenvalue weighted by Crippen LogP contribution is -2.37. The second kappa shape index (κ2) is 12.4. The summed E-state index contributed by atoms with van der Waals surface area (Å²) in [4.78, 5) is 0. The largest absolute Gasteiger partial charge is 0.482 e. The van der Waals surface area contributed by atoms with E-state index in [2.05, 4.69) is 98.8 Å². The molecule has 0 bridgehead atoms. The van der Waals surface area contributed by atoms with Gasteiger partial charge in [0.15, 0.2) is 7.14 Å². The highest BCUT2D eigenvalue weighted by Gasteiger charge is 2.50. The second-order valence-corrected chi connectivity index (χ2v) is 20.3. The van der Waals surface area contributed by atoms with Gasteiger partial charge in [-0.2, -0.15) is 0 Å². The Labute approximate surface area is 362 Å². The molecular weight excluding hydrogens is 800 g/mol. The summed E-state index contributed by atoms with van der Waals surface area (Å²) in [6, 6.07) is 47.1. The number of ether oxygens (including phenoxy) is 3. The summed E-state index contributed by atoms with van der Waals surface area (Å²) in [6.45, 7) is 4.39. The Bertz CT molecular complexity index is 3670. The molecule has 2 aliphatic carbocycles. The fourth-order valence-electron chi connectivity index (χ4n) is 11.1. The molecule has 0 spiro atoms. The maximum Gasteiger partial charge on any atom is 0.185 e. The standard InChI is InChI=1S/C56H37O6P/c1-31-25-40(54-41(26-31)37-12-4-7-19-45(37)61-54)34-29-49-55-50(30-34)59-48-28-33(42-16-10-17-43-39-13-5-8-20-46(39)62-56(42,43)2)22-24-52(48)63(55,57)51-23-21-32(27-47(51)58-49)35-14-9-15-38-36-11-3-6-18-44(36)60-53(35)38/h3-25,27-31,43H,26H2,1-2H3. The smallest absolute Gasteiger partial charge is 0.185 e. The predicted molar refractivity (Wildman–Crippen MR) is 250 cm³/mol. The van der Waals surface area contributed by atoms with Gasteiger partial charge >= 0.3 is 0 Å². The molecule has 0 saturated carbocycles. The first-order valence-corrected chi connectivity index (χ1v) is 23.3. The van der Waals surface area contributed by atoms with Gasteiger partial charge in [-0.1, -0.05) is 116 Å². The molecule has 0 radical (unpaired) electrons. The summed E-state index contributed by atoms with van der Waals surface area (Å²) < 4.78 is 50.5. The van der Waals surface area contributed by atoms with Crippen LogP contribution in [0.1, 0.15) is 47.8 Å². The SMILES string of the molecule is CC1C=C(c2cc3c4c(c2)Oc2cc(-c5cccc6c5oc5ccccc56)ccc2P4(=O)c2ccc(C4=CC=CC5c6ccccc6OC45C)cc2O3)c2oc3ccccc3c2C1. The van der Waals surface area contributed by atoms with Gasteiger partial charge < -0.3 is 27.6 Å². The molecule has 7 heteroatoms. The Balaban J connectivity index is 0.962. The molecule has 5 heterocycles. The number of fused-ring (bicyclic) bond motifs is 13. The predicted octanol–water partition coefficient (Wildman–Crippen LogP) is 13.4. The van der Waals surface area contributed by atoms with Crippen molar-refractivity contribution in [3.8, 4) is 39.9 Å². The van der Waals surface area contributed by atoms with Crippen LogP contribution in [0.3, 0.4) is 0 Å². The van der Waals surface area contributed by atoms with Crippen LogP contribution in [0.15, 0.2) is 173 Å². The van der Waals surface area contributed by atoms with E-state index < -0.39 is 12.7 Å². The van der Waals surface area contributed by atoms with E-state index in [1.165, 1.54) is 11.1 Å². The van der Waals surface area contributed by atoms with E-state index in [4.69, 9.17) is 23.0 Å². The van der Waals surface area contributed by atoms with Crippen LogP contribution < -0.4 is 30.1 Å². The van der Waals surface area contributed by atoms with Gasteiger partial charge in [0.25, 0.3) is 0 Å². The molecule has 14 rings (SSSR count). The van der Waals surface area contributed by atoms with Gasteiger partial charge in [0, 0.05) is 49.9 Å². The molecule has 2 aromatic heterocycles. The minimum absolute atomic E-state index is 0.0473. The van der Waals surface area contributed by atoms with Crippen LogP contribution >= 0.6 is 7.14 Å². The molecule has 0 saturated heterocycles. The average Bonchev–Trinajstić information content (AvgIpc) is 3.97. The first-order chi connectivity index (χ1) is 30.8. The topological polar surface area (TPSA) is 71.0 Å². The fraction of sp³-hybridized carbons (Fsp3) is 0.107. The third-order valence-corrected chi connectivity index (χ3v) is 17.1. The van der Waals surface area contributed by atoms with Gasteiger partial charge in [-0.25, -0.2) is 0 Å². The van der Waals surface area contributed by atoms with Crippen LogP contribution in [-0.4, -0.2) is 5.60 Å². The monoisotopic (exact) mass is 836 g/mol. The van der Waals surface area contributed by atoms with Crippen molar-refractivity contribution in [3.63, 3.8) is 0 Å². The maximum absolute atomic E-state index is 16.6. The summed E-state index contributed by atoms with van der Waals surface area (Å²) in [5.74, 6) is 4.16. The van der Waals surface area contributed by atoms with Crippen molar-refractivity contribution in [3.05, 3.63) is 192 Å². The van der Waals surface area contributed by atoms with Crippen molar-refractivity contribution < 1.29 is 27.6 Å². The molecule has 3 aliphatic heterocycles. The number of hydrogen-bond acceptors (Lipinski definition) is 6. The number of hydrogen-bond donors (Lipinski definition) is 0. The van der Waals surface area contributed by atoms with Gasteiger partial charge in [0.1, 0.15) is 62.2 Å². The van der Waals surface area contributed by atoms with Gasteiger partial charge in [-0.05, 0) is 90.6 Å². The van der Waals surface area contributed by atoms with E-state index in [1.54, 1.807) is 0 Å². The summed E-state index contributed by atoms with van der Waals surface area (Å²) in [5.41, 5.74) is 9.87. The van der Waals surface area contributed by atoms with E-state index in [-0.39, 0.29) is 11.8 Å². The zero-order valence-corrected chi connectivity index (χ0v) is 35.2. The number of allylic oxidation sites excluding steroid dienone is 3. The molecule has 4 unspecified atom stereocenters. The molecule has 9 aromatic rings. The average molecular weight is 837 g/mol. The molecule has 6 nitrogen and oxygen atoms in total. The van der Waals surface area contributed by atoms with Gasteiger partial charge in [0.2, 0.25) is 0 Å². The Morgan fingerprint density at radius 3 is 2.11 bits per heavy atom. The highest BCUT2D eigenvalue weighted by molar-refractivity contribution is 7.86. The van der Waals surface area contributed by atoms with Crippen molar-refractivity contribution in [2.24, 2.45) is 5.92 Å². The summed E-state index contributed by atoms with van der Waals surface area (Å²) in [7, 11) is -3.59. The van der Waals surface area contributed by atoms with E-state index in [0.29, 0.717) is 38.9 Å². The van der Waals surface area contributed by atoms with Crippen molar-refractivity contribution in [1.82, 2.24) is 0 Å². The molecule has 0 fully saturated rings. The highest BCUT2D eigenvalue weighted by atomic mass is 31.2. The molecule has 4 atom stereocenters. The highest BCUT2D eigenvalue weighted by Crippen LogP contribution is 2.61. The third-order valence-electron chi connectivity index (χ3n) is 13.9. The van der Waals surface area contributed by atoms with E-state index in [0.717, 1.165) is 84.2 Å². The molecular formula is C56H37O6P. The molecule has 302 valence electrons. The van der Waals surface area contributed by atoms with Crippen LogP contribution in [0.5, 0.6) is 28.7 Å². The minimum Gasteiger partial charge on any atom is -0.482 e. The number of benzene rings is 7. The first-order valence-electron chi connectivity index (χ1n) is 21.6. The Morgan fingerprint density at radius 2 is 1.30 bits per heavy atom. The van der Waals surface area contributed by atoms with Gasteiger partial charge in [0.05, 0.1) is 10.6 Å². The number of rotatable bonds is 3. The van der Waals surface area contributed by atoms with Crippen molar-refractivity contribution in [2.75, 3.05) is 0 Å². The number of furan rings is 2. The van der Waals surface area contributed by atoms with Crippen LogP contribution in [-0.2, 0) is 11.0 Å². The third kappa shape index (κ3) is 4.76. The quantitative estimate of drug-likeness (QED) is 0.165. The Morgan fingerprint density at radius 1 is 0.635 bits per heavy atom. The molecule has 0 N–H and O–H groups in total. The van der Waals surface area contributed by atoms with Gasteiger partial charge in [-0.3, -0.25) is 0 Å². The van der Waals surface area contributed by atoms with Crippen LogP contribution in [0, 0.1) is 5.92 Å². The maximum atomic E-state index is 16.6. The number of para-hydroxylation sites is 4. The van der Waals surface area contributed by atoms with E-state index >= 15 is 4.57 Å². The summed E-state index contributed by atoms with van der Waals surface area (Å²) in [6.07, 6.45) is 9.62. The van der Waals surface area contributed by atoms with Crippen molar-refractivity contribution in [2.45, 2.75) is 31.8 Å². The van der Waals surface area contributed by atoms with Crippen molar-refractivity contribution in [1.29, 1.82) is 0 Å². The fourth-order valence-corrected chi connectivity index (χ4v) is 14.1. The molecule has 5 aliphatic rings. The first kappa shape index (κ1) is 35.3. The van der Waals surface area contributed by atoms with Gasteiger partial charge in [-0.15, -0.1) is 0 Å². The Hall–Kier alpha value is -7.27. The van der Waals surface area contributed by atoms with Crippen LogP contribution in [0.4, 0.5) is 0 Å². The zero-order valence-electron chi connectivity index (χ0n) is 34.3. The normalized spacial score (nSPS) is 22.1. The lowest BCUT2D eigenvalue weighted by Gasteiger charge is -2.37. The van der Waals surface area contributed by atoms with Crippen molar-refractivity contribution >= 4 is 67.1 Å². The molecule has 0 amide bonds. The minimum atomic E-state index is -3.59. The second-order valence-electron chi connectivity index (χ2n) is 17.6. The van der Waals surface area contributed by atoms with E-state index in [1.807, 2.05) is 78.9 Å². The lowest BCUT2D eigenvalue weighted by molar-refractivity contribution is 0.166. The van der Waals surface area contributed by atoms with Crippen LogP contribution in [0.25, 0.3) is 55.2 Å².